The van der Waals surface area contributed by atoms with Crippen molar-refractivity contribution in [2.24, 2.45) is 0 Å². The molecule has 3 N–H and O–H groups in total. The molecule has 0 aliphatic rings. The van der Waals surface area contributed by atoms with Gasteiger partial charge in [-0.25, -0.2) is 9.13 Å². The highest BCUT2D eigenvalue weighted by Gasteiger charge is 2.30. The van der Waals surface area contributed by atoms with E-state index >= 15 is 0 Å². The lowest BCUT2D eigenvalue weighted by Gasteiger charge is -2.21. The van der Waals surface area contributed by atoms with Gasteiger partial charge in [-0.15, -0.1) is 0 Å². The van der Waals surface area contributed by atoms with Crippen LogP contribution in [0.1, 0.15) is 336 Å². The van der Waals surface area contributed by atoms with Gasteiger partial charge in [-0.1, -0.05) is 304 Å². The molecule has 0 aromatic carbocycles. The number of allylic oxidation sites excluding steroid dienone is 17. The zero-order valence-electron chi connectivity index (χ0n) is 64.3. The molecule has 588 valence electrons. The number of phosphoric ester groups is 2. The SMILES string of the molecule is CC/C=C\C/C=C\C/C=C\C/C=C\C/C=C\CC(=O)OCC(COP(=O)(O)OCC(O)COP(=O)(O)OCC(COC(=O)CCCCCCCC/C=C\C/C=C\C/C=C\CCCCC)OC(=O)CCCCCCCCCCCCCCCCC)OC(=O)CCCCCCC/C=C\CCCCCC. The normalized spacial score (nSPS) is 14.5. The summed E-state index contributed by atoms with van der Waals surface area (Å²) < 4.78 is 68.5. The molecule has 0 aromatic heterocycles. The Morgan fingerprint density at radius 3 is 0.912 bits per heavy atom. The molecule has 19 heteroatoms. The first-order valence-electron chi connectivity index (χ1n) is 40.1. The lowest BCUT2D eigenvalue weighted by atomic mass is 10.0. The van der Waals surface area contributed by atoms with Crippen LogP contribution in [0.2, 0.25) is 0 Å². The summed E-state index contributed by atoms with van der Waals surface area (Å²) in [5.41, 5.74) is 0. The molecule has 0 saturated carbocycles. The van der Waals surface area contributed by atoms with E-state index in [-0.39, 0.29) is 25.7 Å². The Labute approximate surface area is 619 Å². The minimum absolute atomic E-state index is 0.0650. The number of carbonyl (C=O) groups is 4. The average Bonchev–Trinajstić information content (AvgIpc) is 0.909. The molecule has 0 aliphatic heterocycles. The third-order valence-electron chi connectivity index (χ3n) is 16.8. The Morgan fingerprint density at radius 2 is 0.549 bits per heavy atom. The molecule has 17 nitrogen and oxygen atoms in total. The van der Waals surface area contributed by atoms with E-state index < -0.39 is 97.5 Å². The van der Waals surface area contributed by atoms with E-state index in [1.807, 2.05) is 18.2 Å². The second-order valence-corrected chi connectivity index (χ2v) is 29.6. The molecule has 0 rings (SSSR count). The van der Waals surface area contributed by atoms with E-state index in [2.05, 4.69) is 113 Å². The van der Waals surface area contributed by atoms with Gasteiger partial charge in [0.15, 0.2) is 12.2 Å². The molecule has 0 bridgehead atoms. The standard InChI is InChI=1S/C83H144O17P2/c1-5-9-13-17-21-25-29-33-36-37-38-39-42-45-48-52-56-60-64-68-81(86)94-74-79(100-83(88)70-66-62-58-54-50-46-41-35-31-27-23-19-15-11-7-3)76-98-102(91,92)96-72-77(84)71-95-101(89,90)97-75-78(99-82(87)69-65-61-57-53-49-43-32-28-24-20-16-12-8-4)73-93-80(85)67-63-59-55-51-47-44-40-34-30-26-22-18-14-10-6-2/h10,14,21-22,25-26,28,32-34,36,38-40,47,51,59,63,77-79,84H,5-9,11-13,15-20,23-24,27,29-31,35,37,41-46,48-50,52-58,60-62,64-76H2,1-4H3,(H,89,90)(H,91,92)/b14-10-,25-21-,26-22-,32-28-,36-33-,39-38-,40-34-,51-47-,63-59-. The number of aliphatic hydroxyl groups excluding tert-OH is 1. The highest BCUT2D eigenvalue weighted by molar-refractivity contribution is 7.47. The highest BCUT2D eigenvalue weighted by atomic mass is 31.2. The summed E-state index contributed by atoms with van der Waals surface area (Å²) in [7, 11) is -9.98. The molecule has 0 heterocycles. The van der Waals surface area contributed by atoms with Crippen molar-refractivity contribution >= 4 is 39.5 Å². The number of unbranched alkanes of at least 4 members (excludes halogenated alkanes) is 32. The van der Waals surface area contributed by atoms with Crippen molar-refractivity contribution in [1.29, 1.82) is 0 Å². The average molecular weight is 1480 g/mol. The first-order valence-corrected chi connectivity index (χ1v) is 43.1. The third-order valence-corrected chi connectivity index (χ3v) is 18.7. The molecule has 0 spiro atoms. The topological polar surface area (TPSA) is 237 Å². The molecule has 102 heavy (non-hydrogen) atoms. The van der Waals surface area contributed by atoms with Gasteiger partial charge in [0.25, 0.3) is 0 Å². The Morgan fingerprint density at radius 1 is 0.294 bits per heavy atom. The molecule has 0 aliphatic carbocycles. The quantitative estimate of drug-likeness (QED) is 0.0169. The molecule has 5 unspecified atom stereocenters. The van der Waals surface area contributed by atoms with Crippen LogP contribution in [0, 0.1) is 0 Å². The zero-order chi connectivity index (χ0) is 74.6. The first-order chi connectivity index (χ1) is 49.7. The smallest absolute Gasteiger partial charge is 0.462 e. The fraction of sp³-hybridized carbons (Fsp3) is 0.735. The van der Waals surface area contributed by atoms with Crippen LogP contribution < -0.4 is 0 Å². The van der Waals surface area contributed by atoms with E-state index in [0.29, 0.717) is 25.7 Å². The number of hydrogen-bond donors (Lipinski definition) is 3. The summed E-state index contributed by atoms with van der Waals surface area (Å²) in [4.78, 5) is 72.9. The lowest BCUT2D eigenvalue weighted by molar-refractivity contribution is -0.161. The first kappa shape index (κ1) is 97.7. The molecule has 0 fully saturated rings. The van der Waals surface area contributed by atoms with Crippen molar-refractivity contribution in [1.82, 2.24) is 0 Å². The minimum atomic E-state index is -5.00. The van der Waals surface area contributed by atoms with Crippen molar-refractivity contribution in [2.75, 3.05) is 39.6 Å². The maximum atomic E-state index is 13.1. The van der Waals surface area contributed by atoms with Crippen molar-refractivity contribution in [3.05, 3.63) is 109 Å². The largest absolute Gasteiger partial charge is 0.472 e. The highest BCUT2D eigenvalue weighted by Crippen LogP contribution is 2.45. The predicted octanol–water partition coefficient (Wildman–Crippen LogP) is 23.3. The van der Waals surface area contributed by atoms with Gasteiger partial charge in [-0.05, 0) is 116 Å². The van der Waals surface area contributed by atoms with Crippen molar-refractivity contribution < 1.29 is 80.2 Å². The van der Waals surface area contributed by atoms with E-state index in [1.54, 1.807) is 6.08 Å². The van der Waals surface area contributed by atoms with E-state index in [9.17, 15) is 43.2 Å². The summed E-state index contributed by atoms with van der Waals surface area (Å²) in [5.74, 6) is -2.33. The second-order valence-electron chi connectivity index (χ2n) is 26.6. The van der Waals surface area contributed by atoms with Gasteiger partial charge in [-0.3, -0.25) is 37.3 Å². The van der Waals surface area contributed by atoms with Gasteiger partial charge >= 0.3 is 39.5 Å². The second kappa shape index (κ2) is 75.0. The van der Waals surface area contributed by atoms with Crippen LogP contribution in [0.15, 0.2) is 109 Å². The molecule has 0 radical (unpaired) electrons. The number of rotatable bonds is 75. The van der Waals surface area contributed by atoms with E-state index in [1.165, 1.54) is 109 Å². The van der Waals surface area contributed by atoms with Crippen LogP contribution in [0.5, 0.6) is 0 Å². The summed E-state index contributed by atoms with van der Waals surface area (Å²) >= 11 is 0. The monoisotopic (exact) mass is 1470 g/mol. The van der Waals surface area contributed by atoms with Crippen molar-refractivity contribution in [2.45, 2.75) is 354 Å². The molecular formula is C83H144O17P2. The summed E-state index contributed by atoms with van der Waals surface area (Å²) in [6.07, 6.45) is 81.0. The van der Waals surface area contributed by atoms with Gasteiger partial charge in [-0.2, -0.15) is 0 Å². The number of carbonyl (C=O) groups excluding carboxylic acids is 4. The molecule has 0 saturated heterocycles. The third kappa shape index (κ3) is 74.0. The van der Waals surface area contributed by atoms with Gasteiger partial charge in [0, 0.05) is 19.3 Å². The number of hydrogen-bond acceptors (Lipinski definition) is 15. The summed E-state index contributed by atoms with van der Waals surface area (Å²) in [5, 5.41) is 10.6. The fourth-order valence-electron chi connectivity index (χ4n) is 10.6. The zero-order valence-corrected chi connectivity index (χ0v) is 66.0. The maximum absolute atomic E-state index is 13.1. The Balaban J connectivity index is 5.40. The van der Waals surface area contributed by atoms with Crippen molar-refractivity contribution in [3.8, 4) is 0 Å². The molecular weight excluding hydrogens is 1330 g/mol. The maximum Gasteiger partial charge on any atom is 0.472 e. The van der Waals surface area contributed by atoms with Gasteiger partial charge in [0.2, 0.25) is 0 Å². The summed E-state index contributed by atoms with van der Waals surface area (Å²) in [6, 6.07) is 0. The predicted molar refractivity (Wildman–Crippen MR) is 418 cm³/mol. The van der Waals surface area contributed by atoms with Crippen molar-refractivity contribution in [3.63, 3.8) is 0 Å². The number of esters is 4. The number of ether oxygens (including phenoxy) is 4. The molecule has 0 aromatic rings. The van der Waals surface area contributed by atoms with Crippen LogP contribution in [0.25, 0.3) is 0 Å². The molecule has 5 atom stereocenters. The van der Waals surface area contributed by atoms with Crippen LogP contribution >= 0.6 is 15.6 Å². The minimum Gasteiger partial charge on any atom is -0.462 e. The van der Waals surface area contributed by atoms with Crippen LogP contribution in [-0.4, -0.2) is 96.7 Å². The Kier molecular flexibility index (Phi) is 71.8. The van der Waals surface area contributed by atoms with Crippen LogP contribution in [0.4, 0.5) is 0 Å². The van der Waals surface area contributed by atoms with Crippen LogP contribution in [0.3, 0.4) is 0 Å². The summed E-state index contributed by atoms with van der Waals surface area (Å²) in [6.45, 7) is 4.62. The fourth-order valence-corrected chi connectivity index (χ4v) is 12.2. The number of aliphatic hydroxyl groups is 1. The van der Waals surface area contributed by atoms with E-state index in [0.717, 1.165) is 148 Å². The lowest BCUT2D eigenvalue weighted by Crippen LogP contribution is -2.30. The molecule has 0 amide bonds. The van der Waals surface area contributed by atoms with Gasteiger partial charge in [0.1, 0.15) is 19.3 Å². The Bertz CT molecular complexity index is 2360. The van der Waals surface area contributed by atoms with Gasteiger partial charge in [0.05, 0.1) is 32.8 Å². The van der Waals surface area contributed by atoms with Crippen LogP contribution in [-0.2, 0) is 65.4 Å². The number of phosphoric acid groups is 2. The Hall–Kier alpha value is -4.28. The van der Waals surface area contributed by atoms with E-state index in [4.69, 9.17) is 37.0 Å². The van der Waals surface area contributed by atoms with Gasteiger partial charge < -0.3 is 33.8 Å².